The molecule has 0 bridgehead atoms. The van der Waals surface area contributed by atoms with E-state index in [1.54, 1.807) is 0 Å². The molecule has 0 radical (unpaired) electrons. The van der Waals surface area contributed by atoms with Crippen molar-refractivity contribution in [3.05, 3.63) is 12.7 Å². The maximum absolute atomic E-state index is 9.24. The van der Waals surface area contributed by atoms with E-state index < -0.39 is 0 Å². The van der Waals surface area contributed by atoms with E-state index in [0.717, 1.165) is 19.4 Å². The van der Waals surface area contributed by atoms with Crippen molar-refractivity contribution in [1.82, 2.24) is 4.90 Å². The van der Waals surface area contributed by atoms with Crippen LogP contribution in [-0.4, -0.2) is 35.2 Å². The molecule has 0 aromatic heterocycles. The Morgan fingerprint density at radius 1 is 1.57 bits per heavy atom. The van der Waals surface area contributed by atoms with Gasteiger partial charge in [0.1, 0.15) is 0 Å². The number of hydrogen-bond acceptors (Lipinski definition) is 2. The van der Waals surface area contributed by atoms with E-state index in [1.165, 1.54) is 6.42 Å². The van der Waals surface area contributed by atoms with Gasteiger partial charge in [-0.05, 0) is 38.6 Å². The van der Waals surface area contributed by atoms with E-state index in [-0.39, 0.29) is 0 Å². The van der Waals surface area contributed by atoms with Crippen molar-refractivity contribution in [2.24, 2.45) is 5.92 Å². The third-order valence-corrected chi connectivity index (χ3v) is 3.52. The van der Waals surface area contributed by atoms with Gasteiger partial charge < -0.3 is 5.11 Å². The van der Waals surface area contributed by atoms with Crippen LogP contribution in [0.5, 0.6) is 0 Å². The van der Waals surface area contributed by atoms with E-state index in [0.29, 0.717) is 24.6 Å². The van der Waals surface area contributed by atoms with Crippen LogP contribution in [0.1, 0.15) is 33.1 Å². The van der Waals surface area contributed by atoms with Gasteiger partial charge in [-0.15, -0.1) is 6.58 Å². The first-order chi connectivity index (χ1) is 6.70. The zero-order chi connectivity index (χ0) is 10.6. The van der Waals surface area contributed by atoms with Gasteiger partial charge in [0.25, 0.3) is 0 Å². The molecule has 1 aliphatic heterocycles. The van der Waals surface area contributed by atoms with Gasteiger partial charge in [0.05, 0.1) is 6.61 Å². The number of aliphatic hydroxyl groups is 1. The molecule has 82 valence electrons. The molecule has 14 heavy (non-hydrogen) atoms. The normalized spacial score (nSPS) is 27.5. The first-order valence-corrected chi connectivity index (χ1v) is 5.68. The fraction of sp³-hybridized carbons (Fsp3) is 0.833. The van der Waals surface area contributed by atoms with Crippen LogP contribution in [0.25, 0.3) is 0 Å². The average Bonchev–Trinajstić information content (AvgIpc) is 2.64. The summed E-state index contributed by atoms with van der Waals surface area (Å²) in [4.78, 5) is 2.45. The molecular weight excluding hydrogens is 174 g/mol. The van der Waals surface area contributed by atoms with Crippen LogP contribution in [0.15, 0.2) is 12.7 Å². The number of aliphatic hydroxyl groups excluding tert-OH is 1. The lowest BCUT2D eigenvalue weighted by Gasteiger charge is -2.33. The maximum Gasteiger partial charge on any atom is 0.0586 e. The highest BCUT2D eigenvalue weighted by molar-refractivity contribution is 4.86. The Hall–Kier alpha value is -0.340. The summed E-state index contributed by atoms with van der Waals surface area (Å²) in [5.41, 5.74) is 0. The molecule has 1 heterocycles. The minimum atomic E-state index is 0.311. The summed E-state index contributed by atoms with van der Waals surface area (Å²) in [5.74, 6) is 0.639. The topological polar surface area (TPSA) is 23.5 Å². The minimum Gasteiger partial charge on any atom is -0.395 e. The summed E-state index contributed by atoms with van der Waals surface area (Å²) in [6, 6.07) is 0.963. The highest BCUT2D eigenvalue weighted by Gasteiger charge is 2.29. The molecule has 2 heteroatoms. The van der Waals surface area contributed by atoms with Crippen molar-refractivity contribution in [3.63, 3.8) is 0 Å². The smallest absolute Gasteiger partial charge is 0.0586 e. The lowest BCUT2D eigenvalue weighted by atomic mass is 9.98. The minimum absolute atomic E-state index is 0.311. The van der Waals surface area contributed by atoms with E-state index in [9.17, 15) is 5.11 Å². The van der Waals surface area contributed by atoms with Crippen molar-refractivity contribution in [2.75, 3.05) is 13.2 Å². The van der Waals surface area contributed by atoms with Crippen molar-refractivity contribution in [3.8, 4) is 0 Å². The lowest BCUT2D eigenvalue weighted by Crippen LogP contribution is -2.42. The Balaban J connectivity index is 2.49. The van der Waals surface area contributed by atoms with Gasteiger partial charge in [-0.1, -0.05) is 13.0 Å². The SMILES string of the molecule is C=CCC(C)C(C)N1CCC[C@@H]1CO. The maximum atomic E-state index is 9.24. The third-order valence-electron chi connectivity index (χ3n) is 3.52. The summed E-state index contributed by atoms with van der Waals surface area (Å²) < 4.78 is 0. The van der Waals surface area contributed by atoms with Crippen LogP contribution in [-0.2, 0) is 0 Å². The molecule has 0 amide bonds. The second-order valence-electron chi connectivity index (χ2n) is 4.46. The van der Waals surface area contributed by atoms with Crippen LogP contribution in [0.2, 0.25) is 0 Å². The molecular formula is C12H23NO. The monoisotopic (exact) mass is 197 g/mol. The Kier molecular flexibility index (Phi) is 4.63. The highest BCUT2D eigenvalue weighted by Crippen LogP contribution is 2.24. The first-order valence-electron chi connectivity index (χ1n) is 5.68. The van der Waals surface area contributed by atoms with Gasteiger partial charge in [-0.25, -0.2) is 0 Å². The highest BCUT2D eigenvalue weighted by atomic mass is 16.3. The number of allylic oxidation sites excluding steroid dienone is 1. The fourth-order valence-electron chi connectivity index (χ4n) is 2.38. The van der Waals surface area contributed by atoms with Crippen LogP contribution in [0.3, 0.4) is 0 Å². The van der Waals surface area contributed by atoms with E-state index in [2.05, 4.69) is 25.3 Å². The molecule has 0 aromatic carbocycles. The molecule has 0 aliphatic carbocycles. The molecule has 3 atom stereocenters. The average molecular weight is 197 g/mol. The second kappa shape index (κ2) is 5.52. The third kappa shape index (κ3) is 2.58. The van der Waals surface area contributed by atoms with Crippen molar-refractivity contribution < 1.29 is 5.11 Å². The fourth-order valence-corrected chi connectivity index (χ4v) is 2.38. The number of rotatable bonds is 5. The molecule has 1 fully saturated rings. The summed E-state index contributed by atoms with van der Waals surface area (Å²) in [6.45, 7) is 9.77. The molecule has 1 N–H and O–H groups in total. The Morgan fingerprint density at radius 3 is 2.86 bits per heavy atom. The van der Waals surface area contributed by atoms with E-state index >= 15 is 0 Å². The van der Waals surface area contributed by atoms with Crippen molar-refractivity contribution in [2.45, 2.75) is 45.2 Å². The molecule has 1 rings (SSSR count). The quantitative estimate of drug-likeness (QED) is 0.682. The second-order valence-corrected chi connectivity index (χ2v) is 4.46. The van der Waals surface area contributed by atoms with Crippen molar-refractivity contribution in [1.29, 1.82) is 0 Å². The van der Waals surface area contributed by atoms with Crippen LogP contribution in [0, 0.1) is 5.92 Å². The predicted octanol–water partition coefficient (Wildman–Crippen LogP) is 2.04. The Bertz CT molecular complexity index is 181. The number of nitrogens with zero attached hydrogens (tertiary/aromatic N) is 1. The van der Waals surface area contributed by atoms with Crippen molar-refractivity contribution >= 4 is 0 Å². The molecule has 1 aliphatic rings. The Morgan fingerprint density at radius 2 is 2.29 bits per heavy atom. The molecule has 0 spiro atoms. The lowest BCUT2D eigenvalue weighted by molar-refractivity contribution is 0.101. The largest absolute Gasteiger partial charge is 0.395 e. The van der Waals surface area contributed by atoms with Crippen LogP contribution < -0.4 is 0 Å². The first kappa shape index (κ1) is 11.7. The van der Waals surface area contributed by atoms with Gasteiger partial charge in [0, 0.05) is 12.1 Å². The molecule has 0 aromatic rings. The molecule has 2 nitrogen and oxygen atoms in total. The predicted molar refractivity (Wildman–Crippen MR) is 60.3 cm³/mol. The van der Waals surface area contributed by atoms with E-state index in [4.69, 9.17) is 0 Å². The number of likely N-dealkylation sites (tertiary alicyclic amines) is 1. The molecule has 0 saturated carbocycles. The van der Waals surface area contributed by atoms with E-state index in [1.807, 2.05) is 6.08 Å². The van der Waals surface area contributed by atoms with Crippen LogP contribution >= 0.6 is 0 Å². The van der Waals surface area contributed by atoms with Gasteiger partial charge in [-0.3, -0.25) is 4.90 Å². The summed E-state index contributed by atoms with van der Waals surface area (Å²) in [7, 11) is 0. The zero-order valence-electron chi connectivity index (χ0n) is 9.45. The summed E-state index contributed by atoms with van der Waals surface area (Å²) in [5, 5.41) is 9.24. The van der Waals surface area contributed by atoms with Crippen LogP contribution in [0.4, 0.5) is 0 Å². The van der Waals surface area contributed by atoms with Gasteiger partial charge in [0.2, 0.25) is 0 Å². The number of hydrogen-bond donors (Lipinski definition) is 1. The molecule has 1 saturated heterocycles. The Labute approximate surface area is 87.6 Å². The molecule has 2 unspecified atom stereocenters. The standard InChI is InChI=1S/C12H23NO/c1-4-6-10(2)11(3)13-8-5-7-12(13)9-14/h4,10-12,14H,1,5-9H2,2-3H3/t10?,11?,12-/m1/s1. The zero-order valence-corrected chi connectivity index (χ0v) is 9.45. The van der Waals surface area contributed by atoms with Gasteiger partial charge in [0.15, 0.2) is 0 Å². The summed E-state index contributed by atoms with van der Waals surface area (Å²) >= 11 is 0. The van der Waals surface area contributed by atoms with Gasteiger partial charge >= 0.3 is 0 Å². The van der Waals surface area contributed by atoms with Gasteiger partial charge in [-0.2, -0.15) is 0 Å². The summed E-state index contributed by atoms with van der Waals surface area (Å²) in [6.07, 6.45) is 5.44.